The van der Waals surface area contributed by atoms with Gasteiger partial charge in [-0.1, -0.05) is 15.9 Å². The highest BCUT2D eigenvalue weighted by atomic mass is 79.9. The molecule has 0 saturated heterocycles. The highest BCUT2D eigenvalue weighted by Crippen LogP contribution is 2.41. The van der Waals surface area contributed by atoms with Crippen molar-refractivity contribution in [2.45, 2.75) is 31.7 Å². The molecule has 1 fully saturated rings. The Morgan fingerprint density at radius 2 is 2.19 bits per heavy atom. The Bertz CT molecular complexity index is 430. The second kappa shape index (κ2) is 4.00. The highest BCUT2D eigenvalue weighted by molar-refractivity contribution is 9.10. The lowest BCUT2D eigenvalue weighted by molar-refractivity contribution is 0.378. The van der Waals surface area contributed by atoms with Crippen molar-refractivity contribution in [2.24, 2.45) is 5.73 Å². The van der Waals surface area contributed by atoms with Gasteiger partial charge in [-0.3, -0.25) is 0 Å². The lowest BCUT2D eigenvalue weighted by Crippen LogP contribution is -2.25. The number of ether oxygens (including phenoxy) is 1. The molecule has 1 aliphatic rings. The van der Waals surface area contributed by atoms with E-state index in [0.717, 1.165) is 28.4 Å². The van der Waals surface area contributed by atoms with Crippen molar-refractivity contribution in [3.8, 4) is 5.75 Å². The molecule has 0 bridgehead atoms. The summed E-state index contributed by atoms with van der Waals surface area (Å²) < 4.78 is 19.6. The lowest BCUT2D eigenvalue weighted by Gasteiger charge is -2.17. The van der Waals surface area contributed by atoms with E-state index in [0.29, 0.717) is 12.2 Å². The predicted molar refractivity (Wildman–Crippen MR) is 65.2 cm³/mol. The van der Waals surface area contributed by atoms with Gasteiger partial charge in [0.2, 0.25) is 0 Å². The maximum Gasteiger partial charge on any atom is 0.166 e. The van der Waals surface area contributed by atoms with Crippen molar-refractivity contribution >= 4 is 15.9 Å². The summed E-state index contributed by atoms with van der Waals surface area (Å²) in [6, 6.07) is 1.44. The summed E-state index contributed by atoms with van der Waals surface area (Å²) >= 11 is 3.35. The molecule has 0 radical (unpaired) electrons. The molecule has 2 nitrogen and oxygen atoms in total. The zero-order valence-electron chi connectivity index (χ0n) is 9.44. The molecular weight excluding hydrogens is 273 g/mol. The van der Waals surface area contributed by atoms with E-state index in [1.807, 2.05) is 6.92 Å². The van der Waals surface area contributed by atoms with Gasteiger partial charge in [0.05, 0.1) is 7.11 Å². The Morgan fingerprint density at radius 3 is 2.69 bits per heavy atom. The summed E-state index contributed by atoms with van der Waals surface area (Å²) in [6.45, 7) is 1.95. The van der Waals surface area contributed by atoms with E-state index in [-0.39, 0.29) is 11.4 Å². The van der Waals surface area contributed by atoms with Crippen LogP contribution in [-0.2, 0) is 6.42 Å². The second-order valence-corrected chi connectivity index (χ2v) is 5.37. The van der Waals surface area contributed by atoms with Crippen LogP contribution in [0.1, 0.15) is 24.0 Å². The number of hydrogen-bond donors (Lipinski definition) is 1. The molecular formula is C12H15BrFNO. The maximum absolute atomic E-state index is 13.7. The monoisotopic (exact) mass is 287 g/mol. The minimum absolute atomic E-state index is 0.148. The van der Waals surface area contributed by atoms with Crippen molar-refractivity contribution in [3.05, 3.63) is 27.5 Å². The number of halogens is 2. The molecule has 0 aromatic heterocycles. The first-order valence-corrected chi connectivity index (χ1v) is 6.06. The third-order valence-electron chi connectivity index (χ3n) is 3.18. The zero-order chi connectivity index (χ0) is 11.9. The molecule has 0 spiro atoms. The number of nitrogens with two attached hydrogens (primary N) is 1. The van der Waals surface area contributed by atoms with Gasteiger partial charge in [0.25, 0.3) is 0 Å². The first-order valence-electron chi connectivity index (χ1n) is 5.27. The van der Waals surface area contributed by atoms with E-state index in [1.54, 1.807) is 0 Å². The maximum atomic E-state index is 13.7. The van der Waals surface area contributed by atoms with Gasteiger partial charge in [-0.05, 0) is 37.8 Å². The first kappa shape index (κ1) is 11.9. The molecule has 2 N–H and O–H groups in total. The van der Waals surface area contributed by atoms with Crippen LogP contribution in [0.2, 0.25) is 0 Å². The minimum Gasteiger partial charge on any atom is -0.493 e. The van der Waals surface area contributed by atoms with Crippen LogP contribution in [0.5, 0.6) is 5.75 Å². The number of rotatable bonds is 3. The van der Waals surface area contributed by atoms with Crippen LogP contribution < -0.4 is 10.5 Å². The summed E-state index contributed by atoms with van der Waals surface area (Å²) in [5, 5.41) is 0. The van der Waals surface area contributed by atoms with Gasteiger partial charge in [0, 0.05) is 15.6 Å². The molecule has 2 rings (SSSR count). The van der Waals surface area contributed by atoms with Crippen molar-refractivity contribution < 1.29 is 9.13 Å². The van der Waals surface area contributed by atoms with Crippen LogP contribution in [0.3, 0.4) is 0 Å². The van der Waals surface area contributed by atoms with Crippen molar-refractivity contribution in [1.82, 2.24) is 0 Å². The van der Waals surface area contributed by atoms with Gasteiger partial charge in [-0.15, -0.1) is 0 Å². The first-order chi connectivity index (χ1) is 7.47. The molecule has 16 heavy (non-hydrogen) atoms. The van der Waals surface area contributed by atoms with Crippen LogP contribution in [0.4, 0.5) is 4.39 Å². The Hall–Kier alpha value is -0.610. The Balaban J connectivity index is 2.47. The van der Waals surface area contributed by atoms with Crippen molar-refractivity contribution in [1.29, 1.82) is 0 Å². The normalized spacial score (nSPS) is 17.3. The zero-order valence-corrected chi connectivity index (χ0v) is 11.0. The van der Waals surface area contributed by atoms with Gasteiger partial charge >= 0.3 is 0 Å². The standard InChI is InChI=1S/C12H15BrFNO/c1-7-8(6-12(15)3-4-12)11(16-2)10(14)5-9(7)13/h5H,3-4,6,15H2,1-2H3. The quantitative estimate of drug-likeness (QED) is 0.928. The summed E-state index contributed by atoms with van der Waals surface area (Å²) in [4.78, 5) is 0. The molecule has 1 aromatic carbocycles. The summed E-state index contributed by atoms with van der Waals surface area (Å²) in [7, 11) is 1.49. The van der Waals surface area contributed by atoms with Crippen LogP contribution in [-0.4, -0.2) is 12.6 Å². The van der Waals surface area contributed by atoms with Crippen molar-refractivity contribution in [3.63, 3.8) is 0 Å². The van der Waals surface area contributed by atoms with Gasteiger partial charge in [-0.25, -0.2) is 4.39 Å². The molecule has 0 heterocycles. The number of benzene rings is 1. The van der Waals surface area contributed by atoms with Gasteiger partial charge in [0.15, 0.2) is 11.6 Å². The topological polar surface area (TPSA) is 35.2 Å². The fraction of sp³-hybridized carbons (Fsp3) is 0.500. The Labute approximate surface area is 103 Å². The van der Waals surface area contributed by atoms with Gasteiger partial charge in [0.1, 0.15) is 0 Å². The largest absolute Gasteiger partial charge is 0.493 e. The molecule has 4 heteroatoms. The fourth-order valence-corrected chi connectivity index (χ4v) is 2.31. The predicted octanol–water partition coefficient (Wildman–Crippen LogP) is 2.94. The minimum atomic E-state index is -0.334. The van der Waals surface area contributed by atoms with Crippen LogP contribution in [0.25, 0.3) is 0 Å². The Morgan fingerprint density at radius 1 is 1.56 bits per heavy atom. The van der Waals surface area contributed by atoms with E-state index in [9.17, 15) is 4.39 Å². The van der Waals surface area contributed by atoms with Gasteiger partial charge in [-0.2, -0.15) is 0 Å². The second-order valence-electron chi connectivity index (χ2n) is 4.52. The van der Waals surface area contributed by atoms with E-state index in [4.69, 9.17) is 10.5 Å². The summed E-state index contributed by atoms with van der Waals surface area (Å²) in [6.07, 6.45) is 2.69. The summed E-state index contributed by atoms with van der Waals surface area (Å²) in [5.74, 6) is -0.00310. The molecule has 1 aliphatic carbocycles. The lowest BCUT2D eigenvalue weighted by atomic mass is 9.98. The van der Waals surface area contributed by atoms with E-state index in [2.05, 4.69) is 15.9 Å². The van der Waals surface area contributed by atoms with Crippen LogP contribution in [0.15, 0.2) is 10.5 Å². The molecule has 88 valence electrons. The molecule has 0 amide bonds. The Kier molecular flexibility index (Phi) is 2.97. The third-order valence-corrected chi connectivity index (χ3v) is 4.00. The summed E-state index contributed by atoms with van der Waals surface area (Å²) in [5.41, 5.74) is 7.82. The molecule has 0 aliphatic heterocycles. The van der Waals surface area contributed by atoms with Crippen LogP contribution >= 0.6 is 15.9 Å². The third kappa shape index (κ3) is 2.09. The molecule has 0 atom stereocenters. The molecule has 1 aromatic rings. The highest BCUT2D eigenvalue weighted by Gasteiger charge is 2.39. The van der Waals surface area contributed by atoms with E-state index < -0.39 is 0 Å². The average molecular weight is 288 g/mol. The average Bonchev–Trinajstić information content (AvgIpc) is 2.93. The van der Waals surface area contributed by atoms with Crippen molar-refractivity contribution in [2.75, 3.05) is 7.11 Å². The SMILES string of the molecule is COc1c(F)cc(Br)c(C)c1CC1(N)CC1. The number of methoxy groups -OCH3 is 1. The van der Waals surface area contributed by atoms with E-state index >= 15 is 0 Å². The molecule has 0 unspecified atom stereocenters. The fourth-order valence-electron chi connectivity index (χ4n) is 1.87. The smallest absolute Gasteiger partial charge is 0.166 e. The van der Waals surface area contributed by atoms with Crippen LogP contribution in [0, 0.1) is 12.7 Å². The molecule has 1 saturated carbocycles. The van der Waals surface area contributed by atoms with E-state index in [1.165, 1.54) is 13.2 Å². The van der Waals surface area contributed by atoms with Gasteiger partial charge < -0.3 is 10.5 Å². The number of hydrogen-bond acceptors (Lipinski definition) is 2.